The van der Waals surface area contributed by atoms with Crippen LogP contribution >= 0.6 is 0 Å². The molecule has 19 heavy (non-hydrogen) atoms. The Morgan fingerprint density at radius 3 is 2.63 bits per heavy atom. The van der Waals surface area contributed by atoms with E-state index in [-0.39, 0.29) is 35.5 Å². The van der Waals surface area contributed by atoms with E-state index in [1.807, 2.05) is 0 Å². The van der Waals surface area contributed by atoms with Crippen LogP contribution in [0.2, 0.25) is 0 Å². The molecular formula is C12H17N3O4. The van der Waals surface area contributed by atoms with Crippen LogP contribution in [-0.4, -0.2) is 47.6 Å². The van der Waals surface area contributed by atoms with Crippen LogP contribution in [-0.2, 0) is 0 Å². The zero-order chi connectivity index (χ0) is 14.6. The molecule has 7 heteroatoms. The molecular weight excluding hydrogens is 250 g/mol. The number of nitrogens with zero attached hydrogens (tertiary/aromatic N) is 2. The molecule has 104 valence electrons. The minimum atomic E-state index is -0.557. The fraction of sp³-hybridized carbons (Fsp3) is 0.417. The average Bonchev–Trinajstić information content (AvgIpc) is 2.37. The van der Waals surface area contributed by atoms with Gasteiger partial charge in [0.15, 0.2) is 0 Å². The van der Waals surface area contributed by atoms with E-state index in [4.69, 9.17) is 5.11 Å². The van der Waals surface area contributed by atoms with Crippen molar-refractivity contribution < 1.29 is 14.8 Å². The van der Waals surface area contributed by atoms with Crippen molar-refractivity contribution in [1.82, 2.24) is 4.90 Å². The van der Waals surface area contributed by atoms with Gasteiger partial charge in [0.05, 0.1) is 11.5 Å². The number of hydrogen-bond acceptors (Lipinski definition) is 5. The van der Waals surface area contributed by atoms with Crippen molar-refractivity contribution in [2.45, 2.75) is 13.0 Å². The van der Waals surface area contributed by atoms with E-state index in [0.717, 1.165) is 0 Å². The van der Waals surface area contributed by atoms with Crippen LogP contribution in [0.3, 0.4) is 0 Å². The minimum absolute atomic E-state index is 0.143. The first-order chi connectivity index (χ1) is 8.86. The second-order valence-electron chi connectivity index (χ2n) is 4.42. The predicted octanol–water partition coefficient (Wildman–Crippen LogP) is 1.09. The molecule has 2 N–H and O–H groups in total. The summed E-state index contributed by atoms with van der Waals surface area (Å²) >= 11 is 0. The van der Waals surface area contributed by atoms with Crippen molar-refractivity contribution in [2.75, 3.05) is 26.0 Å². The lowest BCUT2D eigenvalue weighted by molar-refractivity contribution is -0.384. The third-order valence-electron chi connectivity index (χ3n) is 2.52. The Morgan fingerprint density at radius 1 is 1.53 bits per heavy atom. The third kappa shape index (κ3) is 3.65. The van der Waals surface area contributed by atoms with Crippen LogP contribution < -0.4 is 5.32 Å². The van der Waals surface area contributed by atoms with Crippen LogP contribution in [0.25, 0.3) is 0 Å². The number of aliphatic hydroxyl groups excluding tert-OH is 1. The van der Waals surface area contributed by atoms with Crippen LogP contribution in [0, 0.1) is 10.1 Å². The summed E-state index contributed by atoms with van der Waals surface area (Å²) in [6.45, 7) is 1.55. The number of nitro benzene ring substituents is 1. The van der Waals surface area contributed by atoms with Gasteiger partial charge >= 0.3 is 0 Å². The van der Waals surface area contributed by atoms with E-state index in [1.165, 1.54) is 23.1 Å². The fourth-order valence-electron chi connectivity index (χ4n) is 1.51. The molecule has 7 nitrogen and oxygen atoms in total. The normalized spacial score (nSPS) is 11.8. The quantitative estimate of drug-likeness (QED) is 0.615. The van der Waals surface area contributed by atoms with E-state index in [9.17, 15) is 14.9 Å². The van der Waals surface area contributed by atoms with Gasteiger partial charge in [-0.25, -0.2) is 0 Å². The average molecular weight is 267 g/mol. The molecule has 0 aliphatic heterocycles. The summed E-state index contributed by atoms with van der Waals surface area (Å²) < 4.78 is 0. The maximum atomic E-state index is 11.8. The highest BCUT2D eigenvalue weighted by Crippen LogP contribution is 2.26. The van der Waals surface area contributed by atoms with Gasteiger partial charge in [0, 0.05) is 31.8 Å². The molecule has 0 saturated carbocycles. The molecule has 1 aromatic rings. The molecule has 1 rings (SSSR count). The van der Waals surface area contributed by atoms with Gasteiger partial charge in [-0.1, -0.05) is 0 Å². The molecule has 1 atom stereocenters. The Balaban J connectivity index is 3.15. The molecule has 0 fully saturated rings. The molecule has 1 aromatic carbocycles. The molecule has 0 aromatic heterocycles. The van der Waals surface area contributed by atoms with Crippen molar-refractivity contribution >= 4 is 17.3 Å². The van der Waals surface area contributed by atoms with Crippen LogP contribution in [0.15, 0.2) is 18.2 Å². The summed E-state index contributed by atoms with van der Waals surface area (Å²) in [5, 5.41) is 22.8. The molecule has 1 unspecified atom stereocenters. The van der Waals surface area contributed by atoms with Gasteiger partial charge in [0.1, 0.15) is 5.69 Å². The van der Waals surface area contributed by atoms with Crippen molar-refractivity contribution in [2.24, 2.45) is 0 Å². The molecule has 0 radical (unpaired) electrons. The molecule has 0 heterocycles. The van der Waals surface area contributed by atoms with Crippen LogP contribution in [0.4, 0.5) is 11.4 Å². The van der Waals surface area contributed by atoms with Crippen molar-refractivity contribution in [3.63, 3.8) is 0 Å². The van der Waals surface area contributed by atoms with Crippen molar-refractivity contribution in [1.29, 1.82) is 0 Å². The first kappa shape index (κ1) is 14.9. The number of amides is 1. The van der Waals surface area contributed by atoms with Gasteiger partial charge in [-0.2, -0.15) is 0 Å². The highest BCUT2D eigenvalue weighted by atomic mass is 16.6. The van der Waals surface area contributed by atoms with E-state index in [0.29, 0.717) is 0 Å². The number of nitro groups is 1. The second-order valence-corrected chi connectivity index (χ2v) is 4.42. The molecule has 0 saturated heterocycles. The van der Waals surface area contributed by atoms with E-state index in [2.05, 4.69) is 5.32 Å². The highest BCUT2D eigenvalue weighted by Gasteiger charge is 2.19. The smallest absolute Gasteiger partial charge is 0.293 e. The van der Waals surface area contributed by atoms with Crippen molar-refractivity contribution in [3.05, 3.63) is 33.9 Å². The highest BCUT2D eigenvalue weighted by molar-refractivity contribution is 5.95. The fourth-order valence-corrected chi connectivity index (χ4v) is 1.51. The number of carbonyl (C=O) groups excluding carboxylic acids is 1. The Kier molecular flexibility index (Phi) is 4.82. The summed E-state index contributed by atoms with van der Waals surface area (Å²) in [7, 11) is 3.16. The van der Waals surface area contributed by atoms with Gasteiger partial charge in [-0.05, 0) is 19.1 Å². The molecule has 0 bridgehead atoms. The zero-order valence-corrected chi connectivity index (χ0v) is 11.1. The lowest BCUT2D eigenvalue weighted by Crippen LogP contribution is -2.22. The van der Waals surface area contributed by atoms with Gasteiger partial charge in [-0.15, -0.1) is 0 Å². The van der Waals surface area contributed by atoms with Gasteiger partial charge in [0.25, 0.3) is 11.6 Å². The Morgan fingerprint density at radius 2 is 2.16 bits per heavy atom. The Bertz CT molecular complexity index is 488. The standard InChI is InChI=1S/C12H17N3O4/c1-8(7-16)13-10-5-4-9(12(17)14(2)3)6-11(10)15(18)19/h4-6,8,13,16H,7H2,1-3H3. The van der Waals surface area contributed by atoms with E-state index in [1.54, 1.807) is 21.0 Å². The number of nitrogens with one attached hydrogen (secondary N) is 1. The summed E-state index contributed by atoms with van der Waals surface area (Å²) in [5.74, 6) is -0.301. The summed E-state index contributed by atoms with van der Waals surface area (Å²) in [6, 6.07) is 3.91. The van der Waals surface area contributed by atoms with Crippen molar-refractivity contribution in [3.8, 4) is 0 Å². The van der Waals surface area contributed by atoms with E-state index >= 15 is 0 Å². The first-order valence-electron chi connectivity index (χ1n) is 5.74. The number of carbonyl (C=O) groups is 1. The Labute approximate surface area is 111 Å². The number of hydrogen-bond donors (Lipinski definition) is 2. The van der Waals surface area contributed by atoms with Gasteiger partial charge < -0.3 is 15.3 Å². The zero-order valence-electron chi connectivity index (χ0n) is 11.1. The van der Waals surface area contributed by atoms with Gasteiger partial charge in [-0.3, -0.25) is 14.9 Å². The topological polar surface area (TPSA) is 95.7 Å². The summed E-state index contributed by atoms with van der Waals surface area (Å²) in [4.78, 5) is 23.6. The number of anilines is 1. The maximum Gasteiger partial charge on any atom is 0.293 e. The van der Waals surface area contributed by atoms with Crippen LogP contribution in [0.1, 0.15) is 17.3 Å². The number of benzene rings is 1. The van der Waals surface area contributed by atoms with Crippen LogP contribution in [0.5, 0.6) is 0 Å². The SMILES string of the molecule is CC(CO)Nc1ccc(C(=O)N(C)C)cc1[N+](=O)[O-]. The lowest BCUT2D eigenvalue weighted by atomic mass is 10.1. The molecule has 1 amide bonds. The second kappa shape index (κ2) is 6.14. The lowest BCUT2D eigenvalue weighted by Gasteiger charge is -2.14. The maximum absolute atomic E-state index is 11.8. The summed E-state index contributed by atoms with van der Waals surface area (Å²) in [6.07, 6.45) is 0. The van der Waals surface area contributed by atoms with E-state index < -0.39 is 4.92 Å². The number of rotatable bonds is 5. The number of aliphatic hydroxyl groups is 1. The third-order valence-corrected chi connectivity index (χ3v) is 2.52. The molecule has 0 aliphatic rings. The monoisotopic (exact) mass is 267 g/mol. The summed E-state index contributed by atoms with van der Waals surface area (Å²) in [5.41, 5.74) is 0.341. The largest absolute Gasteiger partial charge is 0.394 e. The predicted molar refractivity (Wildman–Crippen MR) is 71.3 cm³/mol. The Hall–Kier alpha value is -2.15. The molecule has 0 spiro atoms. The molecule has 0 aliphatic carbocycles. The van der Waals surface area contributed by atoms with Gasteiger partial charge in [0.2, 0.25) is 0 Å². The minimum Gasteiger partial charge on any atom is -0.394 e. The first-order valence-corrected chi connectivity index (χ1v) is 5.74.